The molecule has 2 unspecified atom stereocenters. The molecule has 110 valence electrons. The minimum atomic E-state index is -1.04. The highest BCUT2D eigenvalue weighted by Crippen LogP contribution is 2.18. The van der Waals surface area contributed by atoms with Crippen LogP contribution in [0.3, 0.4) is 0 Å². The monoisotopic (exact) mass is 281 g/mol. The maximum Gasteiger partial charge on any atom is 0.303 e. The minimum Gasteiger partial charge on any atom is -0.481 e. The number of ketones is 1. The van der Waals surface area contributed by atoms with Gasteiger partial charge in [0.25, 0.3) is 0 Å². The number of Topliss-reactive ketones (excluding diaryl/α,β-unsaturated/α-hetero) is 1. The molecule has 0 aliphatic carbocycles. The number of hydrogen-bond acceptors (Lipinski definition) is 5. The van der Waals surface area contributed by atoms with Gasteiger partial charge in [-0.3, -0.25) is 9.59 Å². The second-order valence-electron chi connectivity index (χ2n) is 4.51. The van der Waals surface area contributed by atoms with Gasteiger partial charge in [-0.1, -0.05) is 24.3 Å². The van der Waals surface area contributed by atoms with Crippen molar-refractivity contribution < 1.29 is 24.9 Å². The van der Waals surface area contributed by atoms with Gasteiger partial charge in [0.1, 0.15) is 6.10 Å². The van der Waals surface area contributed by atoms with E-state index < -0.39 is 18.2 Å². The number of aliphatic hydroxyl groups excluding tert-OH is 2. The summed E-state index contributed by atoms with van der Waals surface area (Å²) in [6, 6.07) is 6.15. The van der Waals surface area contributed by atoms with Crippen LogP contribution < -0.4 is 5.32 Å². The van der Waals surface area contributed by atoms with Crippen LogP contribution in [0.15, 0.2) is 24.3 Å². The van der Waals surface area contributed by atoms with Gasteiger partial charge >= 0.3 is 5.97 Å². The van der Waals surface area contributed by atoms with Crippen molar-refractivity contribution in [1.82, 2.24) is 5.32 Å². The molecule has 0 radical (unpaired) electrons. The molecule has 0 amide bonds. The van der Waals surface area contributed by atoms with E-state index in [0.717, 1.165) is 0 Å². The van der Waals surface area contributed by atoms with Crippen LogP contribution in [0.5, 0.6) is 0 Å². The van der Waals surface area contributed by atoms with Gasteiger partial charge in [-0.05, 0) is 12.6 Å². The average molecular weight is 281 g/mol. The Kier molecular flexibility index (Phi) is 6.30. The second kappa shape index (κ2) is 7.74. The zero-order valence-corrected chi connectivity index (χ0v) is 11.2. The van der Waals surface area contributed by atoms with Gasteiger partial charge in [-0.2, -0.15) is 0 Å². The van der Waals surface area contributed by atoms with Crippen molar-refractivity contribution in [2.45, 2.75) is 25.0 Å². The Bertz CT molecular complexity index is 457. The van der Waals surface area contributed by atoms with Crippen LogP contribution in [-0.2, 0) is 4.79 Å². The number of aliphatic hydroxyl groups is 2. The number of rotatable bonds is 8. The summed E-state index contributed by atoms with van der Waals surface area (Å²) in [5.41, 5.74) is 0.896. The zero-order valence-electron chi connectivity index (χ0n) is 11.2. The van der Waals surface area contributed by atoms with E-state index in [4.69, 9.17) is 5.11 Å². The molecule has 20 heavy (non-hydrogen) atoms. The topological polar surface area (TPSA) is 107 Å². The third-order valence-corrected chi connectivity index (χ3v) is 2.92. The second-order valence-corrected chi connectivity index (χ2v) is 4.51. The van der Waals surface area contributed by atoms with Gasteiger partial charge < -0.3 is 20.6 Å². The summed E-state index contributed by atoms with van der Waals surface area (Å²) in [5, 5.41) is 30.8. The smallest absolute Gasteiger partial charge is 0.303 e. The molecule has 6 nitrogen and oxygen atoms in total. The lowest BCUT2D eigenvalue weighted by Crippen LogP contribution is -2.29. The summed E-state index contributed by atoms with van der Waals surface area (Å²) in [4.78, 5) is 22.1. The third-order valence-electron chi connectivity index (χ3n) is 2.92. The number of carboxylic acid groups (broad SMARTS) is 1. The van der Waals surface area contributed by atoms with Crippen LogP contribution in [-0.4, -0.2) is 46.8 Å². The Labute approximate surface area is 117 Å². The van der Waals surface area contributed by atoms with Crippen LogP contribution in [0, 0.1) is 0 Å². The number of carboxylic acids is 1. The molecule has 0 saturated carbocycles. The van der Waals surface area contributed by atoms with Crippen LogP contribution >= 0.6 is 0 Å². The van der Waals surface area contributed by atoms with Gasteiger partial charge in [0.05, 0.1) is 12.5 Å². The Hall–Kier alpha value is -1.76. The molecule has 1 aromatic carbocycles. The predicted octanol–water partition coefficient (Wildman–Crippen LogP) is 0.348. The lowest BCUT2D eigenvalue weighted by Gasteiger charge is -2.17. The van der Waals surface area contributed by atoms with Crippen LogP contribution in [0.1, 0.15) is 34.9 Å². The first-order chi connectivity index (χ1) is 9.45. The molecule has 0 aromatic heterocycles. The predicted molar refractivity (Wildman–Crippen MR) is 72.5 cm³/mol. The van der Waals surface area contributed by atoms with E-state index >= 15 is 0 Å². The van der Waals surface area contributed by atoms with Crippen molar-refractivity contribution in [3.8, 4) is 0 Å². The summed E-state index contributed by atoms with van der Waals surface area (Å²) < 4.78 is 0. The lowest BCUT2D eigenvalue weighted by atomic mass is 10.00. The van der Waals surface area contributed by atoms with E-state index in [1.54, 1.807) is 19.2 Å². The van der Waals surface area contributed by atoms with E-state index in [1.165, 1.54) is 12.1 Å². The van der Waals surface area contributed by atoms with E-state index in [9.17, 15) is 19.8 Å². The molecule has 0 heterocycles. The number of nitrogens with one attached hydrogen (secondary N) is 1. The fourth-order valence-corrected chi connectivity index (χ4v) is 1.77. The molecule has 0 saturated heterocycles. The molecule has 1 rings (SSSR count). The standard InChI is InChI=1S/C14H19NO5/c1-15-8-12(17)14(20)10-4-2-9(3-5-10)11(16)6-7-13(18)19/h2-5,12,14-15,17,20H,6-8H2,1H3,(H,18,19). The molecule has 0 aliphatic heterocycles. The summed E-state index contributed by atoms with van der Waals surface area (Å²) in [7, 11) is 1.67. The maximum absolute atomic E-state index is 11.7. The summed E-state index contributed by atoms with van der Waals surface area (Å²) in [6.07, 6.45) is -2.23. The molecule has 0 fully saturated rings. The molecule has 6 heteroatoms. The van der Waals surface area contributed by atoms with Gasteiger partial charge in [0.2, 0.25) is 0 Å². The van der Waals surface area contributed by atoms with Gasteiger partial charge in [-0.15, -0.1) is 0 Å². The Morgan fingerprint density at radius 2 is 1.75 bits per heavy atom. The number of likely N-dealkylation sites (N-methyl/N-ethyl adjacent to an activating group) is 1. The van der Waals surface area contributed by atoms with Crippen LogP contribution in [0.25, 0.3) is 0 Å². The summed E-state index contributed by atoms with van der Waals surface area (Å²) in [5.74, 6) is -1.27. The van der Waals surface area contributed by atoms with Gasteiger partial charge in [-0.25, -0.2) is 0 Å². The Balaban J connectivity index is 2.68. The zero-order chi connectivity index (χ0) is 15.1. The number of carbonyl (C=O) groups is 2. The van der Waals surface area contributed by atoms with Gasteiger partial charge in [0.15, 0.2) is 5.78 Å². The highest BCUT2D eigenvalue weighted by atomic mass is 16.4. The molecule has 2 atom stereocenters. The van der Waals surface area contributed by atoms with Crippen molar-refractivity contribution in [2.24, 2.45) is 0 Å². The van der Waals surface area contributed by atoms with E-state index in [1.807, 2.05) is 0 Å². The number of benzene rings is 1. The molecule has 4 N–H and O–H groups in total. The molecular formula is C14H19NO5. The number of hydrogen-bond donors (Lipinski definition) is 4. The highest BCUT2D eigenvalue weighted by molar-refractivity contribution is 5.97. The minimum absolute atomic E-state index is 0.0559. The molecule has 0 aliphatic rings. The fourth-order valence-electron chi connectivity index (χ4n) is 1.77. The first-order valence-electron chi connectivity index (χ1n) is 6.31. The van der Waals surface area contributed by atoms with E-state index in [0.29, 0.717) is 11.1 Å². The molecule has 0 bridgehead atoms. The third kappa shape index (κ3) is 4.73. The molecular weight excluding hydrogens is 262 g/mol. The first kappa shape index (κ1) is 16.3. The fraction of sp³-hybridized carbons (Fsp3) is 0.429. The highest BCUT2D eigenvalue weighted by Gasteiger charge is 2.18. The van der Waals surface area contributed by atoms with E-state index in [2.05, 4.69) is 5.32 Å². The van der Waals surface area contributed by atoms with Crippen molar-refractivity contribution >= 4 is 11.8 Å². The molecule has 0 spiro atoms. The first-order valence-corrected chi connectivity index (χ1v) is 6.31. The summed E-state index contributed by atoms with van der Waals surface area (Å²) >= 11 is 0. The molecule has 1 aromatic rings. The lowest BCUT2D eigenvalue weighted by molar-refractivity contribution is -0.136. The number of carbonyl (C=O) groups excluding carboxylic acids is 1. The van der Waals surface area contributed by atoms with Gasteiger partial charge in [0, 0.05) is 18.5 Å². The van der Waals surface area contributed by atoms with Crippen molar-refractivity contribution in [1.29, 1.82) is 0 Å². The normalized spacial score (nSPS) is 13.8. The maximum atomic E-state index is 11.7. The van der Waals surface area contributed by atoms with Crippen molar-refractivity contribution in [3.63, 3.8) is 0 Å². The quantitative estimate of drug-likeness (QED) is 0.512. The Morgan fingerprint density at radius 3 is 2.25 bits per heavy atom. The van der Waals surface area contributed by atoms with Crippen molar-refractivity contribution in [3.05, 3.63) is 35.4 Å². The van der Waals surface area contributed by atoms with Crippen molar-refractivity contribution in [2.75, 3.05) is 13.6 Å². The number of aliphatic carboxylic acids is 1. The van der Waals surface area contributed by atoms with E-state index in [-0.39, 0.29) is 25.2 Å². The van der Waals surface area contributed by atoms with Crippen LogP contribution in [0.4, 0.5) is 0 Å². The average Bonchev–Trinajstić information content (AvgIpc) is 2.44. The van der Waals surface area contributed by atoms with Crippen LogP contribution in [0.2, 0.25) is 0 Å². The summed E-state index contributed by atoms with van der Waals surface area (Å²) in [6.45, 7) is 0.250. The SMILES string of the molecule is CNCC(O)C(O)c1ccc(C(=O)CCC(=O)O)cc1. The largest absolute Gasteiger partial charge is 0.481 e. The Morgan fingerprint density at radius 1 is 1.15 bits per heavy atom.